The van der Waals surface area contributed by atoms with Gasteiger partial charge in [0.25, 0.3) is 0 Å². The van der Waals surface area contributed by atoms with Crippen LogP contribution in [-0.4, -0.2) is 44.4 Å². The number of carboxylic acids is 1. The van der Waals surface area contributed by atoms with Gasteiger partial charge in [-0.3, -0.25) is 0 Å². The van der Waals surface area contributed by atoms with E-state index in [9.17, 15) is 13.2 Å². The molecule has 0 amide bonds. The number of thioether (sulfide) groups is 1. The highest BCUT2D eigenvalue weighted by molar-refractivity contribution is 7.99. The van der Waals surface area contributed by atoms with E-state index in [1.165, 1.54) is 24.1 Å². The van der Waals surface area contributed by atoms with Gasteiger partial charge in [-0.1, -0.05) is 6.07 Å². The molecule has 0 aliphatic heterocycles. The second-order valence-corrected chi connectivity index (χ2v) is 7.79. The molecule has 21 heavy (non-hydrogen) atoms. The van der Waals surface area contributed by atoms with E-state index >= 15 is 0 Å². The molecule has 0 fully saturated rings. The molecule has 7 heteroatoms. The van der Waals surface area contributed by atoms with Crippen LogP contribution in [0, 0.1) is 0 Å². The predicted octanol–water partition coefficient (Wildman–Crippen LogP) is 2.07. The van der Waals surface area contributed by atoms with Gasteiger partial charge in [-0.15, -0.1) is 0 Å². The van der Waals surface area contributed by atoms with Crippen molar-refractivity contribution >= 4 is 33.6 Å². The zero-order chi connectivity index (χ0) is 15.9. The minimum atomic E-state index is -2.95. The summed E-state index contributed by atoms with van der Waals surface area (Å²) in [5.74, 6) is 0.952. The molecule has 0 heterocycles. The van der Waals surface area contributed by atoms with Crippen molar-refractivity contribution in [2.75, 3.05) is 24.9 Å². The van der Waals surface area contributed by atoms with Crippen molar-refractivity contribution in [2.45, 2.75) is 5.75 Å². The van der Waals surface area contributed by atoms with Crippen LogP contribution in [-0.2, 0) is 20.4 Å². The van der Waals surface area contributed by atoms with Crippen LogP contribution in [0.15, 0.2) is 24.3 Å². The lowest BCUT2D eigenvalue weighted by Gasteiger charge is -2.09. The standard InChI is InChI=1S/C14H18O5S2/c1-19-13-5-3-11(4-6-14(15)16)9-12(13)10-20-7-8-21(2,17)18/h3-6,9H,7-8,10H2,1-2H3,(H,15,16). The van der Waals surface area contributed by atoms with Crippen LogP contribution in [0.5, 0.6) is 5.75 Å². The Labute approximate surface area is 128 Å². The van der Waals surface area contributed by atoms with Crippen molar-refractivity contribution in [1.29, 1.82) is 0 Å². The fourth-order valence-electron chi connectivity index (χ4n) is 1.57. The molecule has 0 radical (unpaired) electrons. The Balaban J connectivity index is 2.74. The molecule has 0 atom stereocenters. The van der Waals surface area contributed by atoms with E-state index in [-0.39, 0.29) is 5.75 Å². The summed E-state index contributed by atoms with van der Waals surface area (Å²) in [6.07, 6.45) is 3.79. The van der Waals surface area contributed by atoms with Gasteiger partial charge in [-0.25, -0.2) is 13.2 Å². The van der Waals surface area contributed by atoms with Crippen molar-refractivity contribution in [2.24, 2.45) is 0 Å². The Bertz CT molecular complexity index is 620. The van der Waals surface area contributed by atoms with Gasteiger partial charge < -0.3 is 9.84 Å². The molecule has 1 N–H and O–H groups in total. The molecule has 0 unspecified atom stereocenters. The maximum Gasteiger partial charge on any atom is 0.328 e. The van der Waals surface area contributed by atoms with Crippen molar-refractivity contribution in [3.63, 3.8) is 0 Å². The molecule has 116 valence electrons. The minimum Gasteiger partial charge on any atom is -0.496 e. The Morgan fingerprint density at radius 3 is 2.71 bits per heavy atom. The van der Waals surface area contributed by atoms with Gasteiger partial charge in [0, 0.05) is 29.4 Å². The van der Waals surface area contributed by atoms with Gasteiger partial charge in [0.15, 0.2) is 0 Å². The molecular weight excluding hydrogens is 312 g/mol. The lowest BCUT2D eigenvalue weighted by atomic mass is 10.1. The third-order valence-electron chi connectivity index (χ3n) is 2.58. The van der Waals surface area contributed by atoms with Gasteiger partial charge in [-0.2, -0.15) is 11.8 Å². The Morgan fingerprint density at radius 1 is 1.43 bits per heavy atom. The summed E-state index contributed by atoms with van der Waals surface area (Å²) in [6, 6.07) is 5.38. The molecule has 0 bridgehead atoms. The summed E-state index contributed by atoms with van der Waals surface area (Å²) >= 11 is 1.50. The van der Waals surface area contributed by atoms with Crippen LogP contribution in [0.3, 0.4) is 0 Å². The highest BCUT2D eigenvalue weighted by Gasteiger charge is 2.06. The van der Waals surface area contributed by atoms with Crippen molar-refractivity contribution in [3.8, 4) is 5.75 Å². The lowest BCUT2D eigenvalue weighted by molar-refractivity contribution is -0.131. The number of methoxy groups -OCH3 is 1. The first-order chi connectivity index (χ1) is 9.81. The number of rotatable bonds is 8. The highest BCUT2D eigenvalue weighted by Crippen LogP contribution is 2.25. The Morgan fingerprint density at radius 2 is 2.14 bits per heavy atom. The fourth-order valence-corrected chi connectivity index (χ4v) is 3.85. The van der Waals surface area contributed by atoms with E-state index in [0.717, 1.165) is 17.2 Å². The third kappa shape index (κ3) is 7.19. The minimum absolute atomic E-state index is 0.137. The average molecular weight is 330 g/mol. The number of sulfone groups is 1. The summed E-state index contributed by atoms with van der Waals surface area (Å²) in [7, 11) is -1.39. The molecule has 0 aliphatic carbocycles. The molecular formula is C14H18O5S2. The first-order valence-electron chi connectivity index (χ1n) is 6.15. The summed E-state index contributed by atoms with van der Waals surface area (Å²) in [5.41, 5.74) is 1.67. The molecule has 0 saturated carbocycles. The van der Waals surface area contributed by atoms with Crippen LogP contribution in [0.2, 0.25) is 0 Å². The third-order valence-corrected chi connectivity index (χ3v) is 4.79. The van der Waals surface area contributed by atoms with E-state index < -0.39 is 15.8 Å². The van der Waals surface area contributed by atoms with E-state index in [0.29, 0.717) is 17.3 Å². The van der Waals surface area contributed by atoms with Crippen LogP contribution in [0.25, 0.3) is 6.08 Å². The smallest absolute Gasteiger partial charge is 0.328 e. The van der Waals surface area contributed by atoms with Gasteiger partial charge in [0.05, 0.1) is 12.9 Å². The van der Waals surface area contributed by atoms with Gasteiger partial charge in [0.2, 0.25) is 0 Å². The molecule has 0 spiro atoms. The van der Waals surface area contributed by atoms with Gasteiger partial charge >= 0.3 is 5.97 Å². The molecule has 0 aliphatic rings. The van der Waals surface area contributed by atoms with Gasteiger partial charge in [0.1, 0.15) is 15.6 Å². The van der Waals surface area contributed by atoms with E-state index in [1.54, 1.807) is 19.2 Å². The second kappa shape index (κ2) is 8.09. The Hall–Kier alpha value is -1.47. The van der Waals surface area contributed by atoms with E-state index in [2.05, 4.69) is 0 Å². The SMILES string of the molecule is COc1ccc(C=CC(=O)O)cc1CSCCS(C)(=O)=O. The molecule has 0 aromatic heterocycles. The lowest BCUT2D eigenvalue weighted by Crippen LogP contribution is -2.05. The van der Waals surface area contributed by atoms with E-state index in [1.807, 2.05) is 6.07 Å². The Kier molecular flexibility index (Phi) is 6.77. The predicted molar refractivity (Wildman–Crippen MR) is 85.5 cm³/mol. The van der Waals surface area contributed by atoms with Crippen molar-refractivity contribution in [1.82, 2.24) is 0 Å². The number of aliphatic carboxylic acids is 1. The first-order valence-corrected chi connectivity index (χ1v) is 9.37. The summed E-state index contributed by atoms with van der Waals surface area (Å²) < 4.78 is 27.4. The van der Waals surface area contributed by atoms with E-state index in [4.69, 9.17) is 9.84 Å². The van der Waals surface area contributed by atoms with Crippen LogP contribution in [0.4, 0.5) is 0 Å². The summed E-state index contributed by atoms with van der Waals surface area (Å²) in [5, 5.41) is 8.62. The molecule has 0 saturated heterocycles. The zero-order valence-electron chi connectivity index (χ0n) is 11.9. The topological polar surface area (TPSA) is 80.7 Å². The average Bonchev–Trinajstić information content (AvgIpc) is 2.40. The molecule has 1 rings (SSSR count). The number of ether oxygens (including phenoxy) is 1. The van der Waals surface area contributed by atoms with Crippen molar-refractivity contribution < 1.29 is 23.1 Å². The number of hydrogen-bond acceptors (Lipinski definition) is 5. The normalized spacial score (nSPS) is 11.7. The first kappa shape index (κ1) is 17.6. The van der Waals surface area contributed by atoms with Crippen molar-refractivity contribution in [3.05, 3.63) is 35.4 Å². The molecule has 1 aromatic rings. The maximum atomic E-state index is 11.1. The van der Waals surface area contributed by atoms with Gasteiger partial charge in [-0.05, 0) is 23.8 Å². The zero-order valence-corrected chi connectivity index (χ0v) is 13.5. The maximum absolute atomic E-state index is 11.1. The number of carbonyl (C=O) groups is 1. The van der Waals surface area contributed by atoms with Crippen LogP contribution >= 0.6 is 11.8 Å². The number of carboxylic acid groups (broad SMARTS) is 1. The highest BCUT2D eigenvalue weighted by atomic mass is 32.2. The summed E-state index contributed by atoms with van der Waals surface area (Å²) in [4.78, 5) is 10.5. The number of benzene rings is 1. The second-order valence-electron chi connectivity index (χ2n) is 4.43. The quantitative estimate of drug-likeness (QED) is 0.580. The summed E-state index contributed by atoms with van der Waals surface area (Å²) in [6.45, 7) is 0. The fraction of sp³-hybridized carbons (Fsp3) is 0.357. The number of hydrogen-bond donors (Lipinski definition) is 1. The monoisotopic (exact) mass is 330 g/mol. The molecule has 5 nitrogen and oxygen atoms in total. The van der Waals surface area contributed by atoms with Crippen LogP contribution < -0.4 is 4.74 Å². The molecule has 1 aromatic carbocycles. The largest absolute Gasteiger partial charge is 0.496 e. The van der Waals surface area contributed by atoms with Crippen LogP contribution in [0.1, 0.15) is 11.1 Å².